The summed E-state index contributed by atoms with van der Waals surface area (Å²) in [5, 5.41) is 0. The first-order valence-electron chi connectivity index (χ1n) is 8.38. The van der Waals surface area contributed by atoms with Gasteiger partial charge in [0.2, 0.25) is 0 Å². The van der Waals surface area contributed by atoms with Gasteiger partial charge in [-0.25, -0.2) is 0 Å². The van der Waals surface area contributed by atoms with Crippen LogP contribution in [0.5, 0.6) is 5.75 Å². The maximum Gasteiger partial charge on any atom is 0.254 e. The molecule has 0 aromatic heterocycles. The summed E-state index contributed by atoms with van der Waals surface area (Å²) in [6.07, 6.45) is 3.12. The summed E-state index contributed by atoms with van der Waals surface area (Å²) in [7, 11) is 0. The van der Waals surface area contributed by atoms with Gasteiger partial charge in [0.05, 0.1) is 24.4 Å². The first-order chi connectivity index (χ1) is 11.4. The van der Waals surface area contributed by atoms with Gasteiger partial charge in [0.1, 0.15) is 5.75 Å². The maximum atomic E-state index is 12.2. The zero-order valence-corrected chi connectivity index (χ0v) is 14.5. The number of carbonyl (C=O) groups excluding carboxylic acids is 2. The molecule has 5 nitrogen and oxygen atoms in total. The molecule has 1 heterocycles. The minimum Gasteiger partial charge on any atom is -0.491 e. The van der Waals surface area contributed by atoms with E-state index in [-0.39, 0.29) is 36.2 Å². The Labute approximate surface area is 142 Å². The molecule has 1 aromatic carbocycles. The van der Waals surface area contributed by atoms with Gasteiger partial charge in [0, 0.05) is 24.1 Å². The predicted molar refractivity (Wildman–Crippen MR) is 89.5 cm³/mol. The Bertz CT molecular complexity index is 675. The van der Waals surface area contributed by atoms with E-state index in [9.17, 15) is 9.59 Å². The third-order valence-corrected chi connectivity index (χ3v) is 4.17. The zero-order valence-electron chi connectivity index (χ0n) is 14.5. The third kappa shape index (κ3) is 2.96. The lowest BCUT2D eigenvalue weighted by Crippen LogP contribution is -2.33. The van der Waals surface area contributed by atoms with E-state index in [1.54, 1.807) is 0 Å². The van der Waals surface area contributed by atoms with Crippen molar-refractivity contribution in [3.05, 3.63) is 41.5 Å². The van der Waals surface area contributed by atoms with Crippen LogP contribution in [0, 0.1) is 0 Å². The van der Waals surface area contributed by atoms with Gasteiger partial charge in [-0.15, -0.1) is 0 Å². The fraction of sp³-hybridized carbons (Fsp3) is 0.474. The number of rotatable bonds is 5. The number of amides is 2. The third-order valence-electron chi connectivity index (χ3n) is 4.17. The summed E-state index contributed by atoms with van der Waals surface area (Å²) in [5.41, 5.74) is 1.89. The number of imide groups is 1. The van der Waals surface area contributed by atoms with E-state index in [2.05, 4.69) is 0 Å². The molecule has 128 valence electrons. The van der Waals surface area contributed by atoms with E-state index >= 15 is 0 Å². The Balaban J connectivity index is 2.04. The topological polar surface area (TPSA) is 55.8 Å². The van der Waals surface area contributed by atoms with Gasteiger partial charge in [0.15, 0.2) is 0 Å². The highest BCUT2D eigenvalue weighted by Crippen LogP contribution is 2.49. The molecule has 0 bridgehead atoms. The van der Waals surface area contributed by atoms with Crippen molar-refractivity contribution in [3.8, 4) is 5.75 Å². The average molecular weight is 329 g/mol. The second kappa shape index (κ2) is 6.40. The lowest BCUT2D eigenvalue weighted by Gasteiger charge is -2.25. The van der Waals surface area contributed by atoms with E-state index in [0.29, 0.717) is 6.42 Å². The number of hydrogen-bond donors (Lipinski definition) is 0. The molecule has 1 aliphatic heterocycles. The second-order valence-electron chi connectivity index (χ2n) is 6.73. The van der Waals surface area contributed by atoms with E-state index in [4.69, 9.17) is 9.47 Å². The predicted octanol–water partition coefficient (Wildman–Crippen LogP) is 3.31. The van der Waals surface area contributed by atoms with Crippen LogP contribution in [0.2, 0.25) is 0 Å². The summed E-state index contributed by atoms with van der Waals surface area (Å²) in [6, 6.07) is 5.46. The van der Waals surface area contributed by atoms with Crippen LogP contribution in [0.15, 0.2) is 30.4 Å². The van der Waals surface area contributed by atoms with Crippen molar-refractivity contribution in [3.63, 3.8) is 0 Å². The number of carbonyl (C=O) groups is 2. The molecule has 1 aliphatic carbocycles. The molecule has 0 saturated heterocycles. The molecule has 0 spiro atoms. The van der Waals surface area contributed by atoms with Crippen LogP contribution in [0.1, 0.15) is 57.4 Å². The van der Waals surface area contributed by atoms with Gasteiger partial charge in [-0.3, -0.25) is 14.5 Å². The van der Waals surface area contributed by atoms with Gasteiger partial charge in [-0.1, -0.05) is 12.1 Å². The summed E-state index contributed by atoms with van der Waals surface area (Å²) < 4.78 is 12.0. The molecular formula is C19H23NO4. The first kappa shape index (κ1) is 16.7. The number of hydrogen-bond acceptors (Lipinski definition) is 4. The lowest BCUT2D eigenvalue weighted by molar-refractivity contribution is -0.140. The Morgan fingerprint density at radius 3 is 2.29 bits per heavy atom. The summed E-state index contributed by atoms with van der Waals surface area (Å²) >= 11 is 0. The molecule has 3 rings (SSSR count). The van der Waals surface area contributed by atoms with E-state index in [1.807, 2.05) is 45.9 Å². The van der Waals surface area contributed by atoms with Gasteiger partial charge in [-0.05, 0) is 39.3 Å². The van der Waals surface area contributed by atoms with Crippen LogP contribution in [0.25, 0.3) is 0 Å². The minimum absolute atomic E-state index is 0.00493. The second-order valence-corrected chi connectivity index (χ2v) is 6.73. The molecule has 24 heavy (non-hydrogen) atoms. The largest absolute Gasteiger partial charge is 0.491 e. The molecule has 5 heteroatoms. The standard InChI is InChI=1S/C19H23NO4/c1-11(2)23-15-7-5-6-13-16(24-12(3)4)10-14(19(13)15)20-17(21)8-9-18(20)22/h5-9,11-12,14,16H,10H2,1-4H3/t14-,16-/m0/s1. The monoisotopic (exact) mass is 329 g/mol. The van der Waals surface area contributed by atoms with Crippen molar-refractivity contribution in [1.29, 1.82) is 0 Å². The molecule has 2 amide bonds. The molecule has 2 aliphatic rings. The van der Waals surface area contributed by atoms with Crippen LogP contribution in [-0.2, 0) is 14.3 Å². The Kier molecular flexibility index (Phi) is 4.45. The van der Waals surface area contributed by atoms with Crippen LogP contribution in [0.3, 0.4) is 0 Å². The molecule has 1 aromatic rings. The molecule has 0 saturated carbocycles. The molecule has 0 unspecified atom stereocenters. The van der Waals surface area contributed by atoms with Crippen molar-refractivity contribution < 1.29 is 19.1 Å². The number of benzene rings is 1. The van der Waals surface area contributed by atoms with Crippen molar-refractivity contribution in [1.82, 2.24) is 4.90 Å². The first-order valence-corrected chi connectivity index (χ1v) is 8.38. The smallest absolute Gasteiger partial charge is 0.254 e. The maximum absolute atomic E-state index is 12.2. The minimum atomic E-state index is -0.353. The van der Waals surface area contributed by atoms with E-state index < -0.39 is 0 Å². The highest BCUT2D eigenvalue weighted by Gasteiger charge is 2.42. The van der Waals surface area contributed by atoms with E-state index in [0.717, 1.165) is 16.9 Å². The Morgan fingerprint density at radius 1 is 1.04 bits per heavy atom. The number of nitrogens with zero attached hydrogens (tertiary/aromatic N) is 1. The van der Waals surface area contributed by atoms with Crippen molar-refractivity contribution in [2.45, 2.75) is 58.5 Å². The van der Waals surface area contributed by atoms with Crippen molar-refractivity contribution >= 4 is 11.8 Å². The van der Waals surface area contributed by atoms with Crippen LogP contribution >= 0.6 is 0 Å². The fourth-order valence-electron chi connectivity index (χ4n) is 3.41. The Morgan fingerprint density at radius 2 is 1.71 bits per heavy atom. The van der Waals surface area contributed by atoms with Crippen molar-refractivity contribution in [2.24, 2.45) is 0 Å². The van der Waals surface area contributed by atoms with Gasteiger partial charge in [0.25, 0.3) is 11.8 Å². The lowest BCUT2D eigenvalue weighted by atomic mass is 10.1. The van der Waals surface area contributed by atoms with Crippen LogP contribution in [0.4, 0.5) is 0 Å². The van der Waals surface area contributed by atoms with E-state index in [1.165, 1.54) is 17.1 Å². The molecule has 2 atom stereocenters. The van der Waals surface area contributed by atoms with Crippen LogP contribution < -0.4 is 4.74 Å². The summed E-state index contributed by atoms with van der Waals surface area (Å²) in [4.78, 5) is 25.7. The molecule has 0 N–H and O–H groups in total. The highest BCUT2D eigenvalue weighted by molar-refractivity contribution is 6.13. The zero-order chi connectivity index (χ0) is 17.4. The van der Waals surface area contributed by atoms with Gasteiger partial charge in [-0.2, -0.15) is 0 Å². The Hall–Kier alpha value is -2.14. The quantitative estimate of drug-likeness (QED) is 0.778. The number of ether oxygens (including phenoxy) is 2. The van der Waals surface area contributed by atoms with Gasteiger partial charge < -0.3 is 9.47 Å². The SMILES string of the molecule is CC(C)Oc1cccc2c1[C@@H](N1C(=O)C=CC1=O)C[C@@H]2OC(C)C. The average Bonchev–Trinajstić information content (AvgIpc) is 3.00. The summed E-state index contributed by atoms with van der Waals surface area (Å²) in [6.45, 7) is 7.88. The normalized spacial score (nSPS) is 22.8. The molecule has 0 radical (unpaired) electrons. The van der Waals surface area contributed by atoms with Gasteiger partial charge >= 0.3 is 0 Å². The summed E-state index contributed by atoms with van der Waals surface area (Å²) in [5.74, 6) is 0.163. The molecule has 0 fully saturated rings. The molecular weight excluding hydrogens is 306 g/mol. The number of fused-ring (bicyclic) bond motifs is 1. The fourth-order valence-corrected chi connectivity index (χ4v) is 3.41. The van der Waals surface area contributed by atoms with Crippen molar-refractivity contribution in [2.75, 3.05) is 0 Å². The highest BCUT2D eigenvalue weighted by atomic mass is 16.5. The van der Waals surface area contributed by atoms with Crippen LogP contribution in [-0.4, -0.2) is 28.9 Å².